The molecule has 1 heterocycles. The first kappa shape index (κ1) is 23.3. The van der Waals surface area contributed by atoms with Crippen molar-refractivity contribution in [2.75, 3.05) is 27.4 Å². The maximum atomic E-state index is 12.8. The van der Waals surface area contributed by atoms with Crippen molar-refractivity contribution in [3.05, 3.63) is 58.7 Å². The van der Waals surface area contributed by atoms with E-state index < -0.39 is 17.9 Å². The molecule has 0 amide bonds. The largest absolute Gasteiger partial charge is 0.493 e. The Morgan fingerprint density at radius 1 is 1.19 bits per heavy atom. The number of allylic oxidation sites excluding steroid dienone is 2. The van der Waals surface area contributed by atoms with E-state index in [0.29, 0.717) is 17.1 Å². The Bertz CT molecular complexity index is 1000. The van der Waals surface area contributed by atoms with Crippen molar-refractivity contribution in [2.24, 2.45) is 5.73 Å². The zero-order chi connectivity index (χ0) is 23.1. The molecule has 2 N–H and O–H groups in total. The van der Waals surface area contributed by atoms with Gasteiger partial charge < -0.3 is 29.4 Å². The second-order valence-electron chi connectivity index (χ2n) is 6.56. The highest BCUT2D eigenvalue weighted by atomic mass is 16.6. The summed E-state index contributed by atoms with van der Waals surface area (Å²) in [4.78, 5) is 24.3. The van der Waals surface area contributed by atoms with Crippen LogP contribution >= 0.6 is 0 Å². The van der Waals surface area contributed by atoms with E-state index >= 15 is 0 Å². The fourth-order valence-electron chi connectivity index (χ4n) is 2.96. The van der Waals surface area contributed by atoms with Gasteiger partial charge in [0.2, 0.25) is 5.88 Å². The van der Waals surface area contributed by atoms with Crippen LogP contribution in [0.4, 0.5) is 0 Å². The summed E-state index contributed by atoms with van der Waals surface area (Å²) < 4.78 is 26.1. The smallest absolute Gasteiger partial charge is 0.340 e. The number of carbonyl (C=O) groups is 2. The standard InChI is InChI=1S/C22H24N2O7/c1-12(2)21(25)29-8-9-30-22(26)19-18(15(11-23)13(3)31-20(19)24)14-6-7-16(27-4)17(10-14)28-5/h6-7,10,18H,1,8-9,24H2,2-5H3/t18-/m0/s1. The zero-order valence-corrected chi connectivity index (χ0v) is 17.8. The summed E-state index contributed by atoms with van der Waals surface area (Å²) in [6, 6.07) is 7.07. The predicted molar refractivity (Wildman–Crippen MR) is 110 cm³/mol. The minimum Gasteiger partial charge on any atom is -0.493 e. The SMILES string of the molecule is C=C(C)C(=O)OCCOC(=O)C1=C(N)OC(C)=C(C#N)[C@@H]1c1ccc(OC)c(OC)c1. The number of nitriles is 1. The van der Waals surface area contributed by atoms with Gasteiger partial charge in [0, 0.05) is 5.57 Å². The molecule has 31 heavy (non-hydrogen) atoms. The molecule has 0 spiro atoms. The third-order valence-corrected chi connectivity index (χ3v) is 4.46. The lowest BCUT2D eigenvalue weighted by molar-refractivity contribution is -0.147. The van der Waals surface area contributed by atoms with E-state index in [0.717, 1.165) is 0 Å². The number of nitrogens with zero attached hydrogens (tertiary/aromatic N) is 1. The maximum Gasteiger partial charge on any atom is 0.340 e. The highest BCUT2D eigenvalue weighted by Gasteiger charge is 2.37. The third-order valence-electron chi connectivity index (χ3n) is 4.46. The number of methoxy groups -OCH3 is 2. The van der Waals surface area contributed by atoms with Gasteiger partial charge in [-0.25, -0.2) is 9.59 Å². The van der Waals surface area contributed by atoms with E-state index in [4.69, 9.17) is 29.4 Å². The Labute approximate surface area is 180 Å². The summed E-state index contributed by atoms with van der Waals surface area (Å²) in [6.07, 6.45) is 0. The molecule has 1 aromatic rings. The van der Waals surface area contributed by atoms with Gasteiger partial charge in [0.15, 0.2) is 11.5 Å². The van der Waals surface area contributed by atoms with Gasteiger partial charge in [0.25, 0.3) is 0 Å². The molecule has 1 aliphatic rings. The number of rotatable bonds is 8. The lowest BCUT2D eigenvalue weighted by Crippen LogP contribution is -2.27. The maximum absolute atomic E-state index is 12.8. The topological polar surface area (TPSA) is 130 Å². The van der Waals surface area contributed by atoms with Crippen molar-refractivity contribution in [3.8, 4) is 17.6 Å². The number of esters is 2. The van der Waals surface area contributed by atoms with E-state index in [1.807, 2.05) is 0 Å². The van der Waals surface area contributed by atoms with Crippen LogP contribution in [0.15, 0.2) is 53.1 Å². The minimum absolute atomic E-state index is 0.0411. The van der Waals surface area contributed by atoms with Crippen molar-refractivity contribution < 1.29 is 33.3 Å². The van der Waals surface area contributed by atoms with E-state index in [-0.39, 0.29) is 41.6 Å². The third kappa shape index (κ3) is 5.17. The Balaban J connectivity index is 2.34. The molecule has 2 rings (SSSR count). The normalized spacial score (nSPS) is 15.5. The number of benzene rings is 1. The second kappa shape index (κ2) is 10.2. The van der Waals surface area contributed by atoms with Crippen LogP contribution in [0, 0.1) is 11.3 Å². The molecule has 0 unspecified atom stereocenters. The predicted octanol–water partition coefficient (Wildman–Crippen LogP) is 2.45. The van der Waals surface area contributed by atoms with Gasteiger partial charge in [-0.05, 0) is 31.5 Å². The molecule has 0 bridgehead atoms. The minimum atomic E-state index is -0.843. The van der Waals surface area contributed by atoms with Gasteiger partial charge in [0.05, 0.1) is 31.8 Å². The molecule has 1 atom stereocenters. The average Bonchev–Trinajstić information content (AvgIpc) is 2.75. The first-order chi connectivity index (χ1) is 14.7. The molecule has 0 aliphatic carbocycles. The van der Waals surface area contributed by atoms with Crippen LogP contribution in [0.25, 0.3) is 0 Å². The Morgan fingerprint density at radius 2 is 1.84 bits per heavy atom. The Kier molecular flexibility index (Phi) is 7.69. The molecule has 1 aliphatic heterocycles. The Hall–Kier alpha value is -3.93. The van der Waals surface area contributed by atoms with Gasteiger partial charge >= 0.3 is 11.9 Å². The van der Waals surface area contributed by atoms with Crippen molar-refractivity contribution in [1.29, 1.82) is 5.26 Å². The molecule has 9 heteroatoms. The van der Waals surface area contributed by atoms with Crippen LogP contribution in [0.3, 0.4) is 0 Å². The number of hydrogen-bond acceptors (Lipinski definition) is 9. The van der Waals surface area contributed by atoms with Crippen LogP contribution < -0.4 is 15.2 Å². The fraction of sp³-hybridized carbons (Fsp3) is 0.318. The van der Waals surface area contributed by atoms with Crippen LogP contribution in [0.1, 0.15) is 25.3 Å². The number of hydrogen-bond donors (Lipinski definition) is 1. The van der Waals surface area contributed by atoms with Crippen molar-refractivity contribution in [2.45, 2.75) is 19.8 Å². The lowest BCUT2D eigenvalue weighted by atomic mass is 9.83. The van der Waals surface area contributed by atoms with Gasteiger partial charge in [-0.15, -0.1) is 0 Å². The van der Waals surface area contributed by atoms with Gasteiger partial charge in [-0.3, -0.25) is 0 Å². The monoisotopic (exact) mass is 428 g/mol. The van der Waals surface area contributed by atoms with E-state index in [2.05, 4.69) is 12.6 Å². The second-order valence-corrected chi connectivity index (χ2v) is 6.56. The van der Waals surface area contributed by atoms with Crippen LogP contribution in [-0.4, -0.2) is 39.4 Å². The summed E-state index contributed by atoms with van der Waals surface area (Å²) >= 11 is 0. The molecule has 0 saturated carbocycles. The summed E-state index contributed by atoms with van der Waals surface area (Å²) in [5.41, 5.74) is 6.93. The molecule has 9 nitrogen and oxygen atoms in total. The molecule has 0 fully saturated rings. The molecular formula is C22H24N2O7. The van der Waals surface area contributed by atoms with Crippen LogP contribution in [0.5, 0.6) is 11.5 Å². The molecule has 164 valence electrons. The lowest BCUT2D eigenvalue weighted by Gasteiger charge is -2.27. The first-order valence-corrected chi connectivity index (χ1v) is 9.25. The molecule has 0 saturated heterocycles. The summed E-state index contributed by atoms with van der Waals surface area (Å²) in [7, 11) is 2.97. The molecule has 0 aromatic heterocycles. The van der Waals surface area contributed by atoms with Crippen molar-refractivity contribution in [1.82, 2.24) is 0 Å². The Morgan fingerprint density at radius 3 is 2.42 bits per heavy atom. The van der Waals surface area contributed by atoms with Gasteiger partial charge in [-0.2, -0.15) is 5.26 Å². The van der Waals surface area contributed by atoms with Crippen molar-refractivity contribution in [3.63, 3.8) is 0 Å². The van der Waals surface area contributed by atoms with E-state index in [1.54, 1.807) is 25.1 Å². The van der Waals surface area contributed by atoms with E-state index in [1.165, 1.54) is 21.1 Å². The van der Waals surface area contributed by atoms with Crippen LogP contribution in [-0.2, 0) is 23.8 Å². The van der Waals surface area contributed by atoms with Gasteiger partial charge in [0.1, 0.15) is 24.5 Å². The summed E-state index contributed by atoms with van der Waals surface area (Å²) in [5.74, 6) is -1.25. The summed E-state index contributed by atoms with van der Waals surface area (Å²) in [5, 5.41) is 9.71. The molecule has 0 radical (unpaired) electrons. The van der Waals surface area contributed by atoms with Crippen LogP contribution in [0.2, 0.25) is 0 Å². The van der Waals surface area contributed by atoms with Crippen molar-refractivity contribution >= 4 is 11.9 Å². The highest BCUT2D eigenvalue weighted by molar-refractivity contribution is 5.92. The van der Waals surface area contributed by atoms with Gasteiger partial charge in [-0.1, -0.05) is 12.6 Å². The summed E-state index contributed by atoms with van der Waals surface area (Å²) in [6.45, 7) is 6.19. The average molecular weight is 428 g/mol. The zero-order valence-electron chi connectivity index (χ0n) is 17.8. The number of ether oxygens (including phenoxy) is 5. The fourth-order valence-corrected chi connectivity index (χ4v) is 2.96. The quantitative estimate of drug-likeness (QED) is 0.377. The number of carbonyl (C=O) groups excluding carboxylic acids is 2. The first-order valence-electron chi connectivity index (χ1n) is 9.25. The highest BCUT2D eigenvalue weighted by Crippen LogP contribution is 2.42. The molecular weight excluding hydrogens is 404 g/mol. The molecule has 1 aromatic carbocycles. The number of nitrogens with two attached hydrogens (primary N) is 1. The van der Waals surface area contributed by atoms with E-state index in [9.17, 15) is 14.9 Å².